The Balaban J connectivity index is 1.98. The van der Waals surface area contributed by atoms with E-state index in [1.165, 1.54) is 0 Å². The molecule has 7 heteroatoms. The standard InChI is InChI=1S/C11H10N4O3/c12-4-10-14-11(15-18-10)6-1-2-8-7(3-6)13-9(16)5-17-8/h1-3H,4-5,12H2,(H,13,16). The van der Waals surface area contributed by atoms with E-state index in [9.17, 15) is 4.79 Å². The quantitative estimate of drug-likeness (QED) is 0.800. The fraction of sp³-hybridized carbons (Fsp3) is 0.182. The summed E-state index contributed by atoms with van der Waals surface area (Å²) in [4.78, 5) is 15.3. The molecular formula is C11H10N4O3. The Hall–Kier alpha value is -2.41. The van der Waals surface area contributed by atoms with Crippen molar-refractivity contribution in [3.05, 3.63) is 24.1 Å². The van der Waals surface area contributed by atoms with Crippen molar-refractivity contribution in [2.24, 2.45) is 5.73 Å². The molecule has 1 aliphatic rings. The van der Waals surface area contributed by atoms with Gasteiger partial charge in [-0.3, -0.25) is 4.79 Å². The number of nitrogens with two attached hydrogens (primary N) is 1. The van der Waals surface area contributed by atoms with Crippen LogP contribution >= 0.6 is 0 Å². The van der Waals surface area contributed by atoms with Crippen LogP contribution in [0.15, 0.2) is 22.7 Å². The van der Waals surface area contributed by atoms with Gasteiger partial charge in [0.1, 0.15) is 5.75 Å². The minimum absolute atomic E-state index is 0.0336. The third-order valence-corrected chi connectivity index (χ3v) is 2.51. The highest BCUT2D eigenvalue weighted by Gasteiger charge is 2.17. The van der Waals surface area contributed by atoms with Gasteiger partial charge in [-0.15, -0.1) is 0 Å². The highest BCUT2D eigenvalue weighted by molar-refractivity contribution is 5.96. The predicted octanol–water partition coefficient (Wildman–Crippen LogP) is 0.526. The van der Waals surface area contributed by atoms with Crippen molar-refractivity contribution in [3.63, 3.8) is 0 Å². The Morgan fingerprint density at radius 1 is 1.44 bits per heavy atom. The number of ether oxygens (including phenoxy) is 1. The third kappa shape index (κ3) is 1.80. The lowest BCUT2D eigenvalue weighted by atomic mass is 10.1. The number of aromatic nitrogens is 2. The van der Waals surface area contributed by atoms with Crippen LogP contribution in [-0.2, 0) is 11.3 Å². The summed E-state index contributed by atoms with van der Waals surface area (Å²) in [6.07, 6.45) is 0. The minimum atomic E-state index is -0.185. The molecule has 0 spiro atoms. The monoisotopic (exact) mass is 246 g/mol. The van der Waals surface area contributed by atoms with E-state index < -0.39 is 0 Å². The van der Waals surface area contributed by atoms with Crippen LogP contribution in [0.5, 0.6) is 5.75 Å². The maximum absolute atomic E-state index is 11.2. The van der Waals surface area contributed by atoms with Crippen molar-refractivity contribution in [2.75, 3.05) is 11.9 Å². The number of carbonyl (C=O) groups excluding carboxylic acids is 1. The van der Waals surface area contributed by atoms with Crippen molar-refractivity contribution in [2.45, 2.75) is 6.54 Å². The van der Waals surface area contributed by atoms with E-state index in [1.807, 2.05) is 0 Å². The highest BCUT2D eigenvalue weighted by Crippen LogP contribution is 2.31. The highest BCUT2D eigenvalue weighted by atomic mass is 16.5. The van der Waals surface area contributed by atoms with Crippen LogP contribution in [0.3, 0.4) is 0 Å². The average Bonchev–Trinajstić information content (AvgIpc) is 2.86. The molecule has 92 valence electrons. The Morgan fingerprint density at radius 3 is 3.11 bits per heavy atom. The van der Waals surface area contributed by atoms with E-state index in [-0.39, 0.29) is 19.1 Å². The summed E-state index contributed by atoms with van der Waals surface area (Å²) in [5.41, 5.74) is 6.72. The molecule has 1 aliphatic heterocycles. The first kappa shape index (κ1) is 10.7. The van der Waals surface area contributed by atoms with Crippen molar-refractivity contribution in [1.29, 1.82) is 0 Å². The van der Waals surface area contributed by atoms with Gasteiger partial charge in [0.15, 0.2) is 6.61 Å². The van der Waals surface area contributed by atoms with Gasteiger partial charge < -0.3 is 20.3 Å². The van der Waals surface area contributed by atoms with E-state index in [1.54, 1.807) is 18.2 Å². The van der Waals surface area contributed by atoms with Gasteiger partial charge in [-0.2, -0.15) is 4.98 Å². The number of nitrogens with zero attached hydrogens (tertiary/aromatic N) is 2. The Kier molecular flexibility index (Phi) is 2.45. The van der Waals surface area contributed by atoms with Crippen LogP contribution in [-0.4, -0.2) is 22.7 Å². The number of amides is 1. The molecule has 0 bridgehead atoms. The zero-order valence-corrected chi connectivity index (χ0v) is 9.34. The molecule has 1 aromatic carbocycles. The van der Waals surface area contributed by atoms with Gasteiger partial charge in [0.25, 0.3) is 5.91 Å². The lowest BCUT2D eigenvalue weighted by Crippen LogP contribution is -2.25. The zero-order valence-electron chi connectivity index (χ0n) is 9.34. The van der Waals surface area contributed by atoms with Gasteiger partial charge >= 0.3 is 0 Å². The second-order valence-electron chi connectivity index (χ2n) is 3.76. The Morgan fingerprint density at radius 2 is 2.33 bits per heavy atom. The molecule has 2 aromatic rings. The number of carbonyl (C=O) groups is 1. The van der Waals surface area contributed by atoms with Crippen molar-refractivity contribution >= 4 is 11.6 Å². The number of anilines is 1. The molecule has 0 radical (unpaired) electrons. The second-order valence-corrected chi connectivity index (χ2v) is 3.76. The van der Waals surface area contributed by atoms with Gasteiger partial charge in [-0.05, 0) is 18.2 Å². The van der Waals surface area contributed by atoms with Crippen molar-refractivity contribution < 1.29 is 14.1 Å². The van der Waals surface area contributed by atoms with Crippen LogP contribution in [0.2, 0.25) is 0 Å². The Bertz CT molecular complexity index is 608. The second kappa shape index (κ2) is 4.11. The summed E-state index contributed by atoms with van der Waals surface area (Å²) in [6, 6.07) is 5.28. The largest absolute Gasteiger partial charge is 0.482 e. The number of rotatable bonds is 2. The lowest BCUT2D eigenvalue weighted by molar-refractivity contribution is -0.118. The first-order valence-corrected chi connectivity index (χ1v) is 5.36. The summed E-state index contributed by atoms with van der Waals surface area (Å²) in [6.45, 7) is 0.226. The van der Waals surface area contributed by atoms with E-state index >= 15 is 0 Å². The fourth-order valence-electron chi connectivity index (χ4n) is 1.68. The van der Waals surface area contributed by atoms with Gasteiger partial charge in [0.2, 0.25) is 11.7 Å². The lowest BCUT2D eigenvalue weighted by Gasteiger charge is -2.17. The molecule has 1 aromatic heterocycles. The zero-order chi connectivity index (χ0) is 12.5. The molecule has 3 N–H and O–H groups in total. The maximum Gasteiger partial charge on any atom is 0.262 e. The van der Waals surface area contributed by atoms with Gasteiger partial charge in [0, 0.05) is 5.56 Å². The molecule has 0 unspecified atom stereocenters. The van der Waals surface area contributed by atoms with E-state index in [0.717, 1.165) is 5.56 Å². The smallest absolute Gasteiger partial charge is 0.262 e. The summed E-state index contributed by atoms with van der Waals surface area (Å²) in [5.74, 6) is 1.23. The fourth-order valence-corrected chi connectivity index (χ4v) is 1.68. The number of benzene rings is 1. The Labute approximate surface area is 102 Å². The van der Waals surface area contributed by atoms with Gasteiger partial charge in [-0.25, -0.2) is 0 Å². The molecule has 0 fully saturated rings. The molecule has 0 atom stereocenters. The average molecular weight is 246 g/mol. The topological polar surface area (TPSA) is 103 Å². The third-order valence-electron chi connectivity index (χ3n) is 2.51. The van der Waals surface area contributed by atoms with Crippen molar-refractivity contribution in [1.82, 2.24) is 10.1 Å². The van der Waals surface area contributed by atoms with Crippen LogP contribution in [0.4, 0.5) is 5.69 Å². The summed E-state index contributed by atoms with van der Waals surface area (Å²) < 4.78 is 10.2. The molecule has 3 rings (SSSR count). The molecule has 2 heterocycles. The number of fused-ring (bicyclic) bond motifs is 1. The molecule has 0 saturated carbocycles. The van der Waals surface area contributed by atoms with Crippen LogP contribution in [0.25, 0.3) is 11.4 Å². The molecular weight excluding hydrogens is 236 g/mol. The predicted molar refractivity (Wildman–Crippen MR) is 61.8 cm³/mol. The molecule has 18 heavy (non-hydrogen) atoms. The van der Waals surface area contributed by atoms with Crippen LogP contribution < -0.4 is 15.8 Å². The van der Waals surface area contributed by atoms with Crippen molar-refractivity contribution in [3.8, 4) is 17.1 Å². The summed E-state index contributed by atoms with van der Waals surface area (Å²) in [7, 11) is 0. The van der Waals surface area contributed by atoms with Gasteiger partial charge in [-0.1, -0.05) is 5.16 Å². The summed E-state index contributed by atoms with van der Waals surface area (Å²) in [5, 5.41) is 6.52. The number of hydrogen-bond donors (Lipinski definition) is 2. The summed E-state index contributed by atoms with van der Waals surface area (Å²) >= 11 is 0. The SMILES string of the molecule is NCc1nc(-c2ccc3c(c2)NC(=O)CO3)no1. The minimum Gasteiger partial charge on any atom is -0.482 e. The first-order valence-electron chi connectivity index (χ1n) is 5.36. The van der Waals surface area contributed by atoms with Crippen LogP contribution in [0.1, 0.15) is 5.89 Å². The normalized spacial score (nSPS) is 13.7. The maximum atomic E-state index is 11.2. The van der Waals surface area contributed by atoms with E-state index in [0.29, 0.717) is 23.2 Å². The molecule has 0 aliphatic carbocycles. The molecule has 1 amide bonds. The van der Waals surface area contributed by atoms with E-state index in [4.69, 9.17) is 15.0 Å². The number of nitrogens with one attached hydrogen (secondary N) is 1. The van der Waals surface area contributed by atoms with Gasteiger partial charge in [0.05, 0.1) is 12.2 Å². The molecule has 0 saturated heterocycles. The number of hydrogen-bond acceptors (Lipinski definition) is 6. The van der Waals surface area contributed by atoms with E-state index in [2.05, 4.69) is 15.5 Å². The first-order chi connectivity index (χ1) is 8.76. The van der Waals surface area contributed by atoms with Crippen LogP contribution in [0, 0.1) is 0 Å². The molecule has 7 nitrogen and oxygen atoms in total.